The molecule has 0 aliphatic carbocycles. The summed E-state index contributed by atoms with van der Waals surface area (Å²) in [6.45, 7) is 2.10. The predicted octanol–water partition coefficient (Wildman–Crippen LogP) is 3.24. The SMILES string of the molecule is Cc1nc(Nc2ccc3c(c2)OCO3)cc(C(=O)Nc2ccc3c(c2)OCO3)n1. The third kappa shape index (κ3) is 3.45. The molecule has 0 saturated heterocycles. The number of carbonyl (C=O) groups is 1. The molecule has 2 N–H and O–H groups in total. The number of hydrogen-bond donors (Lipinski definition) is 2. The topological polar surface area (TPSA) is 104 Å². The first-order valence-electron chi connectivity index (χ1n) is 8.87. The van der Waals surface area contributed by atoms with Crippen molar-refractivity contribution in [2.45, 2.75) is 6.92 Å². The summed E-state index contributed by atoms with van der Waals surface area (Å²) in [5.74, 6) is 3.18. The molecule has 0 spiro atoms. The number of hydrogen-bond acceptors (Lipinski definition) is 8. The van der Waals surface area contributed by atoms with Crippen LogP contribution in [0.2, 0.25) is 0 Å². The van der Waals surface area contributed by atoms with Crippen LogP contribution in [-0.4, -0.2) is 29.5 Å². The number of benzene rings is 2. The smallest absolute Gasteiger partial charge is 0.274 e. The van der Waals surface area contributed by atoms with Crippen LogP contribution in [0.5, 0.6) is 23.0 Å². The molecule has 0 bridgehead atoms. The number of nitrogens with zero attached hydrogens (tertiary/aromatic N) is 2. The monoisotopic (exact) mass is 392 g/mol. The average Bonchev–Trinajstić information content (AvgIpc) is 3.35. The lowest BCUT2D eigenvalue weighted by molar-refractivity contribution is 0.102. The van der Waals surface area contributed by atoms with Crippen LogP contribution in [0, 0.1) is 6.92 Å². The number of aryl methyl sites for hydroxylation is 1. The van der Waals surface area contributed by atoms with Gasteiger partial charge in [0, 0.05) is 29.6 Å². The average molecular weight is 392 g/mol. The number of rotatable bonds is 4. The Morgan fingerprint density at radius 2 is 1.45 bits per heavy atom. The van der Waals surface area contributed by atoms with Crippen LogP contribution in [0.4, 0.5) is 17.2 Å². The molecule has 3 heterocycles. The molecule has 29 heavy (non-hydrogen) atoms. The molecule has 146 valence electrons. The van der Waals surface area contributed by atoms with Gasteiger partial charge >= 0.3 is 0 Å². The molecule has 5 rings (SSSR count). The van der Waals surface area contributed by atoms with Crippen LogP contribution >= 0.6 is 0 Å². The maximum absolute atomic E-state index is 12.7. The standard InChI is InChI=1S/C20H16N4O5/c1-11-21-14(20(25)24-13-3-5-16-18(7-13)29-10-27-16)8-19(22-11)23-12-2-4-15-17(6-12)28-9-26-15/h2-8H,9-10H2,1H3,(H,24,25)(H,21,22,23). The Morgan fingerprint density at radius 3 is 2.17 bits per heavy atom. The molecule has 0 atom stereocenters. The third-order valence-corrected chi connectivity index (χ3v) is 4.35. The van der Waals surface area contributed by atoms with Crippen LogP contribution in [0.25, 0.3) is 0 Å². The zero-order valence-corrected chi connectivity index (χ0v) is 15.4. The van der Waals surface area contributed by atoms with Gasteiger partial charge in [-0.25, -0.2) is 9.97 Å². The molecule has 1 aromatic heterocycles. The first-order chi connectivity index (χ1) is 14.1. The fourth-order valence-corrected chi connectivity index (χ4v) is 3.04. The van der Waals surface area contributed by atoms with E-state index in [9.17, 15) is 4.79 Å². The molecule has 9 heteroatoms. The Morgan fingerprint density at radius 1 is 0.828 bits per heavy atom. The minimum Gasteiger partial charge on any atom is -0.454 e. The highest BCUT2D eigenvalue weighted by Crippen LogP contribution is 2.35. The summed E-state index contributed by atoms with van der Waals surface area (Å²) < 4.78 is 21.3. The Kier molecular flexibility index (Phi) is 4.05. The molecule has 0 fully saturated rings. The second-order valence-corrected chi connectivity index (χ2v) is 6.40. The van der Waals surface area contributed by atoms with Crippen molar-refractivity contribution in [3.8, 4) is 23.0 Å². The van der Waals surface area contributed by atoms with Crippen molar-refractivity contribution < 1.29 is 23.7 Å². The third-order valence-electron chi connectivity index (χ3n) is 4.35. The fourth-order valence-electron chi connectivity index (χ4n) is 3.04. The first-order valence-corrected chi connectivity index (χ1v) is 8.87. The van der Waals surface area contributed by atoms with Crippen LogP contribution in [0.1, 0.15) is 16.3 Å². The van der Waals surface area contributed by atoms with Crippen molar-refractivity contribution in [1.82, 2.24) is 9.97 Å². The van der Waals surface area contributed by atoms with Crippen LogP contribution in [0.3, 0.4) is 0 Å². The van der Waals surface area contributed by atoms with E-state index in [1.54, 1.807) is 31.2 Å². The van der Waals surface area contributed by atoms with E-state index in [1.807, 2.05) is 18.2 Å². The normalized spacial score (nSPS) is 13.3. The van der Waals surface area contributed by atoms with Crippen molar-refractivity contribution >= 4 is 23.1 Å². The zero-order valence-electron chi connectivity index (χ0n) is 15.4. The molecule has 0 unspecified atom stereocenters. The van der Waals surface area contributed by atoms with Crippen LogP contribution in [-0.2, 0) is 0 Å². The number of carbonyl (C=O) groups excluding carboxylic acids is 1. The Hall–Kier alpha value is -4.01. The molecule has 1 amide bonds. The van der Waals surface area contributed by atoms with E-state index in [-0.39, 0.29) is 25.2 Å². The largest absolute Gasteiger partial charge is 0.454 e. The van der Waals surface area contributed by atoms with Gasteiger partial charge in [0.1, 0.15) is 17.3 Å². The van der Waals surface area contributed by atoms with Gasteiger partial charge in [0.2, 0.25) is 13.6 Å². The van der Waals surface area contributed by atoms with Gasteiger partial charge in [-0.2, -0.15) is 0 Å². The van der Waals surface area contributed by atoms with E-state index in [0.717, 1.165) is 5.69 Å². The van der Waals surface area contributed by atoms with Gasteiger partial charge in [-0.1, -0.05) is 0 Å². The second kappa shape index (κ2) is 6.86. The summed E-state index contributed by atoms with van der Waals surface area (Å²) in [6, 6.07) is 12.2. The van der Waals surface area contributed by atoms with Gasteiger partial charge in [0.25, 0.3) is 5.91 Å². The summed E-state index contributed by atoms with van der Waals surface area (Å²) in [4.78, 5) is 21.3. The summed E-state index contributed by atoms with van der Waals surface area (Å²) in [5, 5.41) is 5.98. The zero-order chi connectivity index (χ0) is 19.8. The van der Waals surface area contributed by atoms with E-state index in [0.29, 0.717) is 40.3 Å². The van der Waals surface area contributed by atoms with E-state index in [1.165, 1.54) is 0 Å². The van der Waals surface area contributed by atoms with Crippen molar-refractivity contribution in [3.05, 3.63) is 54.0 Å². The summed E-state index contributed by atoms with van der Waals surface area (Å²) >= 11 is 0. The summed E-state index contributed by atoms with van der Waals surface area (Å²) in [5.41, 5.74) is 1.58. The quantitative estimate of drug-likeness (QED) is 0.697. The van der Waals surface area contributed by atoms with Gasteiger partial charge in [-0.15, -0.1) is 0 Å². The second-order valence-electron chi connectivity index (χ2n) is 6.40. The Labute approximate surface area is 165 Å². The van der Waals surface area contributed by atoms with Crippen molar-refractivity contribution in [2.24, 2.45) is 0 Å². The molecule has 0 radical (unpaired) electrons. The Balaban J connectivity index is 1.35. The molecule has 0 saturated carbocycles. The lowest BCUT2D eigenvalue weighted by Gasteiger charge is -2.10. The number of fused-ring (bicyclic) bond motifs is 2. The number of nitrogens with one attached hydrogen (secondary N) is 2. The van der Waals surface area contributed by atoms with Crippen molar-refractivity contribution in [1.29, 1.82) is 0 Å². The molecule has 9 nitrogen and oxygen atoms in total. The minimum absolute atomic E-state index is 0.173. The predicted molar refractivity (Wildman–Crippen MR) is 103 cm³/mol. The maximum atomic E-state index is 12.7. The highest BCUT2D eigenvalue weighted by molar-refractivity contribution is 6.03. The van der Waals surface area contributed by atoms with Gasteiger partial charge in [0.05, 0.1) is 0 Å². The number of aromatic nitrogens is 2. The highest BCUT2D eigenvalue weighted by atomic mass is 16.7. The minimum atomic E-state index is -0.358. The number of anilines is 3. The number of ether oxygens (including phenoxy) is 4. The van der Waals surface area contributed by atoms with Crippen LogP contribution < -0.4 is 29.6 Å². The summed E-state index contributed by atoms with van der Waals surface area (Å²) in [7, 11) is 0. The maximum Gasteiger partial charge on any atom is 0.274 e. The van der Waals surface area contributed by atoms with Crippen LogP contribution in [0.15, 0.2) is 42.5 Å². The number of amides is 1. The molecule has 3 aromatic rings. The van der Waals surface area contributed by atoms with E-state index >= 15 is 0 Å². The lowest BCUT2D eigenvalue weighted by Crippen LogP contribution is -2.15. The lowest BCUT2D eigenvalue weighted by atomic mass is 10.2. The van der Waals surface area contributed by atoms with Gasteiger partial charge in [-0.05, 0) is 31.2 Å². The summed E-state index contributed by atoms with van der Waals surface area (Å²) in [6.07, 6.45) is 0. The van der Waals surface area contributed by atoms with E-state index < -0.39 is 0 Å². The highest BCUT2D eigenvalue weighted by Gasteiger charge is 2.17. The van der Waals surface area contributed by atoms with Gasteiger partial charge in [0.15, 0.2) is 23.0 Å². The van der Waals surface area contributed by atoms with Crippen molar-refractivity contribution in [2.75, 3.05) is 24.2 Å². The van der Waals surface area contributed by atoms with Gasteiger partial charge in [-0.3, -0.25) is 4.79 Å². The first kappa shape index (κ1) is 17.1. The van der Waals surface area contributed by atoms with E-state index in [2.05, 4.69) is 20.6 Å². The van der Waals surface area contributed by atoms with Crippen molar-refractivity contribution in [3.63, 3.8) is 0 Å². The fraction of sp³-hybridized carbons (Fsp3) is 0.150. The van der Waals surface area contributed by atoms with Gasteiger partial charge < -0.3 is 29.6 Å². The molecular weight excluding hydrogens is 376 g/mol. The Bertz CT molecular complexity index is 1120. The molecule has 2 aliphatic heterocycles. The van der Waals surface area contributed by atoms with E-state index in [4.69, 9.17) is 18.9 Å². The molecule has 2 aliphatic rings. The molecular formula is C20H16N4O5. The molecule has 2 aromatic carbocycles.